The number of hydrogen-bond acceptors (Lipinski definition) is 15. The van der Waals surface area contributed by atoms with Gasteiger partial charge in [0.15, 0.2) is 50.9 Å². The van der Waals surface area contributed by atoms with Crippen molar-refractivity contribution in [3.8, 4) is 0 Å². The molecule has 28 heteroatoms. The molecule has 15 rings (SSSR count). The largest absolute Gasteiger partial charge is 0.330 e. The van der Waals surface area contributed by atoms with Gasteiger partial charge in [0.25, 0.3) is 16.7 Å². The van der Waals surface area contributed by atoms with Gasteiger partial charge < -0.3 is 38.1 Å². The van der Waals surface area contributed by atoms with Gasteiger partial charge in [-0.25, -0.2) is 48.2 Å². The van der Waals surface area contributed by atoms with E-state index in [9.17, 15) is 33.2 Å². The standard InChI is InChI=1S/C11H13N5O.C11H12N4O.C10H11FN2O.C10H11N5O.C10H12N2O.C9H11N3O/c1-6(2)16-5-12-8-9(16)14-11-13-7(3)4-15(11)10(8)17;1-7(2)15-6-12-9-10(16)13-8-4-3-5-14(8)11(9)15;1-6(2)13-5-7(11)9-8(14)3-4-12-10(9)13;1-6(2)15-5-12-7-8(15)13-10-11-3-4-14(10)9(7)16;1-7(2)12-6-4-8-9(13)3-5-11-10(8)12;1-7(2)11-5-3-8(13)9-10-4-6-12(9)11/h5-6H,3-4H2,1-2H3,(H,13,14);3-7H,1-2H3,(H,13,16);4-6H,3H2,1-2H3;3-6H,1-2H3,(H,11,13);4-7H,3H2,1-2H3;3-7H,1-2H3. The second-order valence-electron chi connectivity index (χ2n) is 23.0. The van der Waals surface area contributed by atoms with Gasteiger partial charge in [0, 0.05) is 123 Å². The quantitative estimate of drug-likeness (QED) is 0.140. The van der Waals surface area contributed by atoms with Crippen LogP contribution in [0.15, 0.2) is 134 Å². The van der Waals surface area contributed by atoms with E-state index in [1.54, 1.807) is 75.9 Å². The molecule has 27 nitrogen and oxygen atoms in total. The van der Waals surface area contributed by atoms with Gasteiger partial charge in [0.1, 0.15) is 22.9 Å². The summed E-state index contributed by atoms with van der Waals surface area (Å²) in [5.41, 5.74) is 6.05. The molecule has 15 heterocycles. The second kappa shape index (κ2) is 25.0. The number of H-pyrrole nitrogens is 2. The summed E-state index contributed by atoms with van der Waals surface area (Å²) < 4.78 is 31.6. The van der Waals surface area contributed by atoms with Gasteiger partial charge in [-0.3, -0.25) is 42.4 Å². The second-order valence-corrected chi connectivity index (χ2v) is 23.0. The molecule has 12 aromatic heterocycles. The summed E-state index contributed by atoms with van der Waals surface area (Å²) in [7, 11) is 0. The zero-order valence-corrected chi connectivity index (χ0v) is 51.5. The molecule has 0 saturated carbocycles. The van der Waals surface area contributed by atoms with Crippen LogP contribution in [0.4, 0.5) is 22.0 Å². The van der Waals surface area contributed by atoms with Crippen molar-refractivity contribution < 1.29 is 14.0 Å². The molecule has 0 atom stereocenters. The number of rotatable bonds is 6. The third-order valence-electron chi connectivity index (χ3n) is 14.8. The fourth-order valence-electron chi connectivity index (χ4n) is 10.3. The minimum Gasteiger partial charge on any atom is -0.330 e. The van der Waals surface area contributed by atoms with Crippen LogP contribution in [0.5, 0.6) is 0 Å². The minimum atomic E-state index is -0.462. The number of carbonyl (C=O) groups is 2. The van der Waals surface area contributed by atoms with Crippen LogP contribution in [0.1, 0.15) is 153 Å². The zero-order valence-electron chi connectivity index (χ0n) is 51.5. The predicted octanol–water partition coefficient (Wildman–Crippen LogP) is 9.56. The average molecular weight is 1210 g/mol. The van der Waals surface area contributed by atoms with Crippen molar-refractivity contribution in [1.82, 2.24) is 85.3 Å². The van der Waals surface area contributed by atoms with Crippen molar-refractivity contribution in [2.75, 3.05) is 5.32 Å². The van der Waals surface area contributed by atoms with E-state index in [0.717, 1.165) is 34.0 Å². The lowest BCUT2D eigenvalue weighted by Crippen LogP contribution is -2.19. The van der Waals surface area contributed by atoms with Gasteiger partial charge in [0.05, 0.1) is 36.7 Å². The van der Waals surface area contributed by atoms with Crippen LogP contribution in [0.2, 0.25) is 0 Å². The molecule has 0 unspecified atom stereocenters. The van der Waals surface area contributed by atoms with Crippen LogP contribution in [-0.2, 0) is 6.54 Å². The summed E-state index contributed by atoms with van der Waals surface area (Å²) in [4.78, 5) is 109. The number of imidazole rings is 5. The lowest BCUT2D eigenvalue weighted by molar-refractivity contribution is 0.0990. The fourth-order valence-corrected chi connectivity index (χ4v) is 10.3. The molecule has 0 aliphatic carbocycles. The summed E-state index contributed by atoms with van der Waals surface area (Å²) in [5.74, 6) is 1.88. The van der Waals surface area contributed by atoms with Gasteiger partial charge in [-0.05, 0) is 101 Å². The fraction of sp³-hybridized carbons (Fsp3) is 0.344. The molecule has 0 radical (unpaired) electrons. The molecule has 89 heavy (non-hydrogen) atoms. The Morgan fingerprint density at radius 2 is 1.21 bits per heavy atom. The van der Waals surface area contributed by atoms with Crippen molar-refractivity contribution in [1.29, 1.82) is 0 Å². The Labute approximate surface area is 506 Å². The van der Waals surface area contributed by atoms with Crippen LogP contribution in [-0.4, -0.2) is 109 Å². The first-order chi connectivity index (χ1) is 42.4. The highest BCUT2D eigenvalue weighted by molar-refractivity contribution is 6.10. The SMILES string of the molecule is C=C1Cn2c(nc3c(ncn3C(C)C)c2=O)N1.CC(C)n1cc(F)c2c1N=CCC2=O.CC(C)n1ccc(=O)c2nccn21.CC(C)n1ccc2c1N=CCC2=O.CC(C)n1cnc2c(=O)[nH]c3cccn3c21.CC(C)n1cnc2c(=O)n3ccnc3[nH]c21. The lowest BCUT2D eigenvalue weighted by atomic mass is 10.1. The number of carbonyl (C=O) groups excluding carboxylic acids is 2. The Morgan fingerprint density at radius 3 is 1.91 bits per heavy atom. The normalized spacial score (nSPS) is 13.3. The van der Waals surface area contributed by atoms with Gasteiger partial charge in [-0.1, -0.05) is 6.58 Å². The molecule has 0 bridgehead atoms. The number of aliphatic imine (C=N–C) groups is 2. The number of nitrogens with zero attached hydrogens (tertiary/aromatic N) is 18. The molecular formula is C61H70FN21O6. The number of ketones is 2. The molecule has 3 aliphatic rings. The predicted molar refractivity (Wildman–Crippen MR) is 340 cm³/mol. The van der Waals surface area contributed by atoms with Crippen LogP contribution >= 0.6 is 0 Å². The summed E-state index contributed by atoms with van der Waals surface area (Å²) >= 11 is 0. The molecule has 12 aromatic rings. The maximum atomic E-state index is 13.4. The van der Waals surface area contributed by atoms with Crippen molar-refractivity contribution in [3.63, 3.8) is 0 Å². The van der Waals surface area contributed by atoms with E-state index < -0.39 is 5.82 Å². The van der Waals surface area contributed by atoms with Crippen LogP contribution in [0, 0.1) is 5.82 Å². The lowest BCUT2D eigenvalue weighted by Gasteiger charge is -2.12. The summed E-state index contributed by atoms with van der Waals surface area (Å²) in [6, 6.07) is 8.70. The molecule has 3 N–H and O–H groups in total. The van der Waals surface area contributed by atoms with E-state index in [0.29, 0.717) is 70.4 Å². The van der Waals surface area contributed by atoms with E-state index in [1.165, 1.54) is 16.8 Å². The molecule has 0 saturated heterocycles. The molecule has 0 aromatic carbocycles. The molecule has 0 spiro atoms. The van der Waals surface area contributed by atoms with Crippen molar-refractivity contribution in [2.24, 2.45) is 9.98 Å². The van der Waals surface area contributed by atoms with Gasteiger partial charge in [-0.15, -0.1) is 0 Å². The van der Waals surface area contributed by atoms with Crippen molar-refractivity contribution in [2.45, 2.75) is 139 Å². The van der Waals surface area contributed by atoms with Crippen LogP contribution < -0.4 is 27.4 Å². The number of nitrogens with one attached hydrogen (secondary N) is 3. The van der Waals surface area contributed by atoms with E-state index in [4.69, 9.17) is 0 Å². The Morgan fingerprint density at radius 1 is 0.573 bits per heavy atom. The van der Waals surface area contributed by atoms with Gasteiger partial charge in [-0.2, -0.15) is 4.98 Å². The van der Waals surface area contributed by atoms with E-state index in [1.807, 2.05) is 99.5 Å². The Bertz CT molecular complexity index is 4970. The number of halogens is 1. The Hall–Kier alpha value is -10.7. The first-order valence-electron chi connectivity index (χ1n) is 29.1. The first kappa shape index (κ1) is 61.4. The molecular weight excluding hydrogens is 1140 g/mol. The zero-order chi connectivity index (χ0) is 63.9. The monoisotopic (exact) mass is 1210 g/mol. The summed E-state index contributed by atoms with van der Waals surface area (Å²) in [6.45, 7) is 28.7. The number of hydrogen-bond donors (Lipinski definition) is 3. The van der Waals surface area contributed by atoms with E-state index in [-0.39, 0.29) is 69.8 Å². The van der Waals surface area contributed by atoms with Crippen molar-refractivity contribution >= 4 is 92.1 Å². The maximum Gasteiger partial charge on any atom is 0.287 e. The number of anilines is 1. The Kier molecular flexibility index (Phi) is 17.2. The molecule has 3 aliphatic heterocycles. The molecule has 0 amide bonds. The van der Waals surface area contributed by atoms with Crippen molar-refractivity contribution in [3.05, 3.63) is 163 Å². The Balaban J connectivity index is 0.000000118. The third kappa shape index (κ3) is 11.9. The highest BCUT2D eigenvalue weighted by atomic mass is 19.1. The summed E-state index contributed by atoms with van der Waals surface area (Å²) in [6.07, 6.45) is 22.5. The number of fused-ring (bicyclic) bond motifs is 10. The molecule has 0 fully saturated rings. The smallest absolute Gasteiger partial charge is 0.287 e. The minimum absolute atomic E-state index is 0.0399. The number of Topliss-reactive ketones (excluding diaryl/α,β-unsaturated/α-hetero) is 2. The van der Waals surface area contributed by atoms with Gasteiger partial charge in [0.2, 0.25) is 17.2 Å². The number of allylic oxidation sites excluding steroid dienone is 1. The van der Waals surface area contributed by atoms with E-state index >= 15 is 0 Å². The van der Waals surface area contributed by atoms with Crippen LogP contribution in [0.3, 0.4) is 0 Å². The van der Waals surface area contributed by atoms with Gasteiger partial charge >= 0.3 is 0 Å². The highest BCUT2D eigenvalue weighted by Gasteiger charge is 2.26. The van der Waals surface area contributed by atoms with E-state index in [2.05, 4.69) is 103 Å². The summed E-state index contributed by atoms with van der Waals surface area (Å²) in [5, 5.41) is 3.00. The number of aromatic nitrogens is 18. The average Bonchev–Trinajstić information content (AvgIpc) is 1.80. The molecule has 462 valence electrons. The topological polar surface area (TPSA) is 296 Å². The number of aromatic amines is 2. The first-order valence-corrected chi connectivity index (χ1v) is 29.1. The van der Waals surface area contributed by atoms with Crippen LogP contribution in [0.25, 0.3) is 50.6 Å². The maximum absolute atomic E-state index is 13.4. The third-order valence-corrected chi connectivity index (χ3v) is 14.8. The highest BCUT2D eigenvalue weighted by Crippen LogP contribution is 2.32.